The van der Waals surface area contributed by atoms with Crippen molar-refractivity contribution in [3.05, 3.63) is 83.9 Å². The Morgan fingerprint density at radius 2 is 0.917 bits per heavy atom. The molecule has 0 atom stereocenters. The number of ether oxygens (including phenoxy) is 2. The third kappa shape index (κ3) is 15.4. The van der Waals surface area contributed by atoms with Gasteiger partial charge in [0.25, 0.3) is 0 Å². The van der Waals surface area contributed by atoms with Crippen molar-refractivity contribution < 1.29 is 53.8 Å². The minimum atomic E-state index is 0. The average molecular weight is 624 g/mol. The first-order chi connectivity index (χ1) is 16.7. The zero-order valence-corrected chi connectivity index (χ0v) is 23.3. The van der Waals surface area contributed by atoms with Crippen molar-refractivity contribution in [1.29, 1.82) is 0 Å². The molecular weight excluding hydrogens is 600 g/mol. The maximum atomic E-state index is 8.25. The zero-order valence-electron chi connectivity index (χ0n) is 19.8. The second-order valence-corrected chi connectivity index (χ2v) is 5.62. The minimum absolute atomic E-state index is 0. The van der Waals surface area contributed by atoms with E-state index in [1.807, 2.05) is 60.7 Å². The second kappa shape index (κ2) is 28.7. The first-order valence-electron chi connectivity index (χ1n) is 9.26. The van der Waals surface area contributed by atoms with Crippen molar-refractivity contribution in [3.8, 4) is 11.5 Å². The SMILES string of the molecule is COc1cccc2cccnc12.COc1cccc2cccnc12.C[O-].C[O-].[Cu+2].[Cu+2].[N-]=C=S.[N-]=C=S. The van der Waals surface area contributed by atoms with Crippen LogP contribution in [-0.2, 0) is 34.1 Å². The Morgan fingerprint density at radius 3 is 1.19 bits per heavy atom. The molecule has 0 aliphatic rings. The molecule has 0 spiro atoms. The summed E-state index contributed by atoms with van der Waals surface area (Å²) in [4.78, 5) is 8.45. The Kier molecular flexibility index (Phi) is 32.3. The van der Waals surface area contributed by atoms with Gasteiger partial charge in [-0.2, -0.15) is 24.5 Å². The molecule has 0 N–H and O–H groups in total. The predicted octanol–water partition coefficient (Wildman–Crippen LogP) is 3.75. The van der Waals surface area contributed by atoms with Crippen LogP contribution >= 0.6 is 24.4 Å². The maximum Gasteiger partial charge on any atom is 2.00 e. The summed E-state index contributed by atoms with van der Waals surface area (Å²) >= 11 is 7.40. The summed E-state index contributed by atoms with van der Waals surface area (Å²) in [6, 6.07) is 19.7. The van der Waals surface area contributed by atoms with Gasteiger partial charge in [0.05, 0.1) is 14.2 Å². The molecule has 198 valence electrons. The second-order valence-electron chi connectivity index (χ2n) is 5.25. The number of aromatic nitrogens is 2. The van der Waals surface area contributed by atoms with Gasteiger partial charge in [-0.3, -0.25) is 9.97 Å². The van der Waals surface area contributed by atoms with Crippen molar-refractivity contribution in [1.82, 2.24) is 9.97 Å². The molecule has 0 aliphatic heterocycles. The molecule has 12 heteroatoms. The van der Waals surface area contributed by atoms with E-state index < -0.39 is 0 Å². The third-order valence-electron chi connectivity index (χ3n) is 3.63. The predicted molar refractivity (Wildman–Crippen MR) is 140 cm³/mol. The van der Waals surface area contributed by atoms with Crippen molar-refractivity contribution in [2.24, 2.45) is 0 Å². The minimum Gasteiger partial charge on any atom is -0.857 e. The Hall–Kier alpha value is -2.58. The van der Waals surface area contributed by atoms with Gasteiger partial charge in [0.2, 0.25) is 0 Å². The number of fused-ring (bicyclic) bond motifs is 2. The van der Waals surface area contributed by atoms with E-state index in [0.29, 0.717) is 0 Å². The first kappa shape index (κ1) is 40.6. The fraction of sp³-hybridized carbons (Fsp3) is 0.167. The monoisotopic (exact) mass is 622 g/mol. The fourth-order valence-corrected chi connectivity index (χ4v) is 2.48. The van der Waals surface area contributed by atoms with Gasteiger partial charge in [0.1, 0.15) is 22.5 Å². The van der Waals surface area contributed by atoms with E-state index in [1.54, 1.807) is 26.6 Å². The number of pyridine rings is 2. The maximum absolute atomic E-state index is 8.25. The zero-order chi connectivity index (χ0) is 26.2. The third-order valence-corrected chi connectivity index (χ3v) is 3.63. The Bertz CT molecular complexity index is 1060. The number of isothiocyanates is 2. The Labute approximate surface area is 243 Å². The molecule has 8 nitrogen and oxygen atoms in total. The summed E-state index contributed by atoms with van der Waals surface area (Å²) in [5.74, 6) is 1.65. The van der Waals surface area contributed by atoms with E-state index >= 15 is 0 Å². The summed E-state index contributed by atoms with van der Waals surface area (Å²) in [7, 11) is 4.81. The van der Waals surface area contributed by atoms with Gasteiger partial charge in [-0.15, -0.1) is 0 Å². The number of hydrogen-bond acceptors (Lipinski definition) is 8. The van der Waals surface area contributed by atoms with Crippen LogP contribution in [0.15, 0.2) is 73.1 Å². The summed E-state index contributed by atoms with van der Waals surface area (Å²) in [5.41, 5.74) is 1.84. The molecule has 0 saturated carbocycles. The van der Waals surface area contributed by atoms with E-state index in [1.165, 1.54) is 10.3 Å². The molecule has 4 aromatic rings. The standard InChI is InChI=1S/2C10H9NO.2CNS.2CH3O.2Cu/c2*1-12-9-6-2-4-8-5-3-7-11-10(8)9;2*2-1-3;2*1-2;;/h2*2-7H,1H3;;;2*1H3;;/q;;4*-1;2*+2. The molecule has 36 heavy (non-hydrogen) atoms. The molecular formula is C24H24Cu2N4O4S2. The van der Waals surface area contributed by atoms with Crippen LogP contribution in [0.25, 0.3) is 32.6 Å². The van der Waals surface area contributed by atoms with E-state index in [0.717, 1.165) is 47.5 Å². The molecule has 0 amide bonds. The number of thiocarbonyl (C=S) groups is 2. The van der Waals surface area contributed by atoms with Gasteiger partial charge < -0.3 is 30.5 Å². The summed E-state index contributed by atoms with van der Waals surface area (Å²) in [5, 5.41) is 35.7. The summed E-state index contributed by atoms with van der Waals surface area (Å²) < 4.78 is 10.3. The van der Waals surface area contributed by atoms with Crippen molar-refractivity contribution >= 4 is 56.6 Å². The summed E-state index contributed by atoms with van der Waals surface area (Å²) in [6.07, 6.45) is 3.54. The summed E-state index contributed by atoms with van der Waals surface area (Å²) in [6.45, 7) is 0. The van der Waals surface area contributed by atoms with Crippen LogP contribution in [0.4, 0.5) is 0 Å². The molecule has 4 rings (SSSR count). The van der Waals surface area contributed by atoms with Gasteiger partial charge in [-0.25, -0.2) is 0 Å². The van der Waals surface area contributed by atoms with Gasteiger partial charge in [-0.05, 0) is 24.3 Å². The van der Waals surface area contributed by atoms with E-state index in [-0.39, 0.29) is 34.1 Å². The van der Waals surface area contributed by atoms with Gasteiger partial charge in [0.15, 0.2) is 0 Å². The van der Waals surface area contributed by atoms with Crippen molar-refractivity contribution in [2.75, 3.05) is 28.4 Å². The van der Waals surface area contributed by atoms with E-state index in [4.69, 9.17) is 30.5 Å². The van der Waals surface area contributed by atoms with Crippen LogP contribution in [0.5, 0.6) is 11.5 Å². The normalized spacial score (nSPS) is 7.50. The number of rotatable bonds is 2. The number of benzene rings is 2. The molecule has 0 bridgehead atoms. The topological polar surface area (TPSA) is 135 Å². The van der Waals surface area contributed by atoms with Crippen LogP contribution in [0.2, 0.25) is 0 Å². The molecule has 0 unspecified atom stereocenters. The van der Waals surface area contributed by atoms with Crippen LogP contribution < -0.4 is 19.7 Å². The smallest absolute Gasteiger partial charge is 0.857 e. The van der Waals surface area contributed by atoms with E-state index in [9.17, 15) is 0 Å². The number of para-hydroxylation sites is 2. The van der Waals surface area contributed by atoms with Crippen LogP contribution in [0.3, 0.4) is 0 Å². The number of methoxy groups -OCH3 is 2. The average Bonchev–Trinajstić information content (AvgIpc) is 2.91. The fourth-order valence-electron chi connectivity index (χ4n) is 2.48. The van der Waals surface area contributed by atoms with Gasteiger partial charge in [-0.1, -0.05) is 60.8 Å². The van der Waals surface area contributed by atoms with Crippen LogP contribution in [0.1, 0.15) is 0 Å². The largest absolute Gasteiger partial charge is 2.00 e. The number of nitrogens with zero attached hydrogens (tertiary/aromatic N) is 4. The number of hydrogen-bond donors (Lipinski definition) is 0. The first-order valence-corrected chi connectivity index (χ1v) is 10.1. The molecule has 0 saturated heterocycles. The van der Waals surface area contributed by atoms with Crippen molar-refractivity contribution in [2.45, 2.75) is 0 Å². The van der Waals surface area contributed by atoms with Gasteiger partial charge in [0, 0.05) is 23.2 Å². The molecule has 2 heterocycles. The van der Waals surface area contributed by atoms with E-state index in [2.05, 4.69) is 34.4 Å². The van der Waals surface area contributed by atoms with Crippen molar-refractivity contribution in [3.63, 3.8) is 0 Å². The molecule has 0 aliphatic carbocycles. The molecule has 0 fully saturated rings. The quantitative estimate of drug-likeness (QED) is 0.187. The van der Waals surface area contributed by atoms with Gasteiger partial charge >= 0.3 is 34.1 Å². The molecule has 2 aromatic heterocycles. The Morgan fingerprint density at radius 1 is 0.639 bits per heavy atom. The molecule has 2 aromatic carbocycles. The van der Waals surface area contributed by atoms with Crippen LogP contribution in [0, 0.1) is 0 Å². The van der Waals surface area contributed by atoms with Crippen LogP contribution in [-0.4, -0.2) is 48.7 Å². The molecule has 2 radical (unpaired) electrons. The Balaban J connectivity index is -0.000000202.